The van der Waals surface area contributed by atoms with E-state index >= 15 is 0 Å². The molecule has 0 aromatic carbocycles. The van der Waals surface area contributed by atoms with E-state index in [1.807, 2.05) is 0 Å². The second kappa shape index (κ2) is 10.9. The Kier molecular flexibility index (Phi) is 9.45. The Bertz CT molecular complexity index is 330. The molecule has 0 bridgehead atoms. The summed E-state index contributed by atoms with van der Waals surface area (Å²) in [5.74, 6) is -0.767. The van der Waals surface area contributed by atoms with Crippen LogP contribution in [0, 0.1) is 5.92 Å². The van der Waals surface area contributed by atoms with Crippen LogP contribution >= 0.6 is 0 Å². The Morgan fingerprint density at radius 2 is 1.52 bits per heavy atom. The summed E-state index contributed by atoms with van der Waals surface area (Å²) >= 11 is 0. The van der Waals surface area contributed by atoms with E-state index < -0.39 is 5.97 Å². The van der Waals surface area contributed by atoms with Gasteiger partial charge in [-0.3, -0.25) is 4.79 Å². The summed E-state index contributed by atoms with van der Waals surface area (Å²) in [6.07, 6.45) is 15.6. The number of rotatable bonds is 14. The molecule has 0 amide bonds. The van der Waals surface area contributed by atoms with Gasteiger partial charge in [0.2, 0.25) is 0 Å². The topological polar surface area (TPSA) is 37.3 Å². The van der Waals surface area contributed by atoms with Gasteiger partial charge < -0.3 is 5.11 Å². The molecule has 2 nitrogen and oxygen atoms in total. The zero-order chi connectivity index (χ0) is 15.5. The first-order valence-corrected chi connectivity index (χ1v) is 9.14. The molecule has 1 unspecified atom stereocenters. The first-order valence-electron chi connectivity index (χ1n) is 9.14. The van der Waals surface area contributed by atoms with Crippen LogP contribution in [0.3, 0.4) is 0 Å². The van der Waals surface area contributed by atoms with Crippen molar-refractivity contribution in [3.8, 4) is 0 Å². The van der Waals surface area contributed by atoms with Crippen LogP contribution in [0.4, 0.5) is 0 Å². The summed E-state index contributed by atoms with van der Waals surface area (Å²) in [5.41, 5.74) is 2.74. The minimum atomic E-state index is -0.598. The Balaban J connectivity index is 2.20. The van der Waals surface area contributed by atoms with Gasteiger partial charge in [0.15, 0.2) is 0 Å². The molecule has 0 fully saturated rings. The highest BCUT2D eigenvalue weighted by molar-refractivity contribution is 5.76. The summed E-state index contributed by atoms with van der Waals surface area (Å²) in [4.78, 5) is 11.4. The van der Waals surface area contributed by atoms with Crippen molar-refractivity contribution in [3.63, 3.8) is 0 Å². The highest BCUT2D eigenvalue weighted by Gasteiger charge is 2.32. The second-order valence-corrected chi connectivity index (χ2v) is 6.56. The van der Waals surface area contributed by atoms with Crippen molar-refractivity contribution in [1.29, 1.82) is 0 Å². The van der Waals surface area contributed by atoms with E-state index in [2.05, 4.69) is 13.8 Å². The van der Waals surface area contributed by atoms with E-state index in [1.165, 1.54) is 68.9 Å². The SMILES string of the molecule is CCCCCCCCC1=C(C(CCCCCC)C(=O)O)C1. The predicted molar refractivity (Wildman–Crippen MR) is 89.5 cm³/mol. The van der Waals surface area contributed by atoms with Gasteiger partial charge in [0, 0.05) is 0 Å². The summed E-state index contributed by atoms with van der Waals surface area (Å²) in [7, 11) is 0. The van der Waals surface area contributed by atoms with Crippen LogP contribution in [-0.2, 0) is 4.79 Å². The van der Waals surface area contributed by atoms with Gasteiger partial charge >= 0.3 is 5.97 Å². The smallest absolute Gasteiger partial charge is 0.310 e. The standard InChI is InChI=1S/C19H34O2/c1-3-5-7-9-10-11-13-16-15-18(16)17(19(20)21)14-12-8-6-4-2/h17H,3-15H2,1-2H3,(H,20,21). The molecule has 0 aromatic heterocycles. The van der Waals surface area contributed by atoms with Crippen LogP contribution in [0.2, 0.25) is 0 Å². The Labute approximate surface area is 131 Å². The molecule has 1 aliphatic carbocycles. The van der Waals surface area contributed by atoms with Crippen molar-refractivity contribution in [1.82, 2.24) is 0 Å². The van der Waals surface area contributed by atoms with E-state index in [4.69, 9.17) is 0 Å². The van der Waals surface area contributed by atoms with Crippen LogP contribution in [-0.4, -0.2) is 11.1 Å². The van der Waals surface area contributed by atoms with Crippen LogP contribution in [0.15, 0.2) is 11.1 Å². The fraction of sp³-hybridized carbons (Fsp3) is 0.842. The lowest BCUT2D eigenvalue weighted by atomic mass is 9.98. The molecule has 0 spiro atoms. The van der Waals surface area contributed by atoms with Crippen LogP contribution < -0.4 is 0 Å². The third kappa shape index (κ3) is 7.68. The van der Waals surface area contributed by atoms with Crippen LogP contribution in [0.25, 0.3) is 0 Å². The van der Waals surface area contributed by atoms with Gasteiger partial charge in [-0.05, 0) is 25.7 Å². The first-order chi connectivity index (χ1) is 10.2. The van der Waals surface area contributed by atoms with Gasteiger partial charge in [-0.2, -0.15) is 0 Å². The average molecular weight is 294 g/mol. The third-order valence-electron chi connectivity index (χ3n) is 4.63. The Morgan fingerprint density at radius 1 is 0.952 bits per heavy atom. The normalized spacial score (nSPS) is 15.3. The molecule has 1 rings (SSSR count). The maximum absolute atomic E-state index is 11.4. The number of hydrogen-bond acceptors (Lipinski definition) is 1. The van der Waals surface area contributed by atoms with Crippen molar-refractivity contribution in [2.24, 2.45) is 5.92 Å². The molecule has 122 valence electrons. The van der Waals surface area contributed by atoms with E-state index in [0.717, 1.165) is 25.7 Å². The summed E-state index contributed by atoms with van der Waals surface area (Å²) < 4.78 is 0. The Hall–Kier alpha value is -0.790. The number of aliphatic carboxylic acids is 1. The molecule has 0 aliphatic heterocycles. The number of carboxylic acids is 1. The predicted octanol–water partition coefficient (Wildman–Crippen LogP) is 6.11. The molecule has 0 heterocycles. The molecule has 0 saturated carbocycles. The van der Waals surface area contributed by atoms with Gasteiger partial charge in [-0.15, -0.1) is 0 Å². The van der Waals surface area contributed by atoms with E-state index in [9.17, 15) is 9.90 Å². The van der Waals surface area contributed by atoms with Crippen molar-refractivity contribution >= 4 is 5.97 Å². The Morgan fingerprint density at radius 3 is 2.14 bits per heavy atom. The molecular formula is C19H34O2. The largest absolute Gasteiger partial charge is 0.481 e. The number of carboxylic acid groups (broad SMARTS) is 1. The highest BCUT2D eigenvalue weighted by atomic mass is 16.4. The fourth-order valence-corrected chi connectivity index (χ4v) is 3.14. The average Bonchev–Trinajstić information content (AvgIpc) is 3.21. The fourth-order valence-electron chi connectivity index (χ4n) is 3.14. The number of unbranched alkanes of at least 4 members (excludes halogenated alkanes) is 8. The van der Waals surface area contributed by atoms with Gasteiger partial charge in [-0.25, -0.2) is 0 Å². The summed E-state index contributed by atoms with van der Waals surface area (Å²) in [6, 6.07) is 0. The molecule has 1 N–H and O–H groups in total. The van der Waals surface area contributed by atoms with E-state index in [-0.39, 0.29) is 5.92 Å². The molecule has 1 aliphatic rings. The minimum Gasteiger partial charge on any atom is -0.481 e. The van der Waals surface area contributed by atoms with Crippen molar-refractivity contribution in [2.45, 2.75) is 97.3 Å². The lowest BCUT2D eigenvalue weighted by Crippen LogP contribution is -2.12. The first kappa shape index (κ1) is 18.3. The molecule has 1 atom stereocenters. The maximum Gasteiger partial charge on any atom is 0.310 e. The van der Waals surface area contributed by atoms with Crippen molar-refractivity contribution < 1.29 is 9.90 Å². The van der Waals surface area contributed by atoms with Crippen molar-refractivity contribution in [3.05, 3.63) is 11.1 Å². The molecule has 0 saturated heterocycles. The van der Waals surface area contributed by atoms with Gasteiger partial charge in [-0.1, -0.05) is 82.8 Å². The van der Waals surface area contributed by atoms with Gasteiger partial charge in [0.1, 0.15) is 0 Å². The van der Waals surface area contributed by atoms with E-state index in [0.29, 0.717) is 0 Å². The lowest BCUT2D eigenvalue weighted by Gasteiger charge is -2.08. The second-order valence-electron chi connectivity index (χ2n) is 6.56. The van der Waals surface area contributed by atoms with Crippen molar-refractivity contribution in [2.75, 3.05) is 0 Å². The minimum absolute atomic E-state index is 0.169. The lowest BCUT2D eigenvalue weighted by molar-refractivity contribution is -0.140. The molecule has 2 heteroatoms. The number of hydrogen-bond donors (Lipinski definition) is 1. The molecular weight excluding hydrogens is 260 g/mol. The molecule has 0 aromatic rings. The monoisotopic (exact) mass is 294 g/mol. The van der Waals surface area contributed by atoms with E-state index in [1.54, 1.807) is 0 Å². The highest BCUT2D eigenvalue weighted by Crippen LogP contribution is 2.42. The molecule has 0 radical (unpaired) electrons. The maximum atomic E-state index is 11.4. The van der Waals surface area contributed by atoms with Gasteiger partial charge in [0.05, 0.1) is 5.92 Å². The summed E-state index contributed by atoms with van der Waals surface area (Å²) in [6.45, 7) is 4.44. The summed E-state index contributed by atoms with van der Waals surface area (Å²) in [5, 5.41) is 9.39. The quantitative estimate of drug-likeness (QED) is 0.310. The third-order valence-corrected chi connectivity index (χ3v) is 4.63. The zero-order valence-corrected chi connectivity index (χ0v) is 14.1. The van der Waals surface area contributed by atoms with Crippen LogP contribution in [0.1, 0.15) is 97.3 Å². The van der Waals surface area contributed by atoms with Gasteiger partial charge in [0.25, 0.3) is 0 Å². The number of allylic oxidation sites excluding steroid dienone is 1. The van der Waals surface area contributed by atoms with Crippen LogP contribution in [0.5, 0.6) is 0 Å². The zero-order valence-electron chi connectivity index (χ0n) is 14.1. The molecule has 21 heavy (non-hydrogen) atoms. The number of carbonyl (C=O) groups is 1.